The lowest BCUT2D eigenvalue weighted by Crippen LogP contribution is -2.44. The summed E-state index contributed by atoms with van der Waals surface area (Å²) in [4.78, 5) is 35.9. The Hall–Kier alpha value is -3.35. The highest BCUT2D eigenvalue weighted by Gasteiger charge is 2.17. The maximum Gasteiger partial charge on any atom is 0.276 e. The fourth-order valence-corrected chi connectivity index (χ4v) is 2.99. The second-order valence-corrected chi connectivity index (χ2v) is 8.51. The molecule has 0 bridgehead atoms. The van der Waals surface area contributed by atoms with Crippen LogP contribution in [0.5, 0.6) is 5.75 Å². The molecule has 2 rings (SSSR count). The normalized spacial score (nSPS) is 10.9. The van der Waals surface area contributed by atoms with Gasteiger partial charge in [-0.3, -0.25) is 25.2 Å². The van der Waals surface area contributed by atoms with E-state index in [1.807, 2.05) is 56.3 Å². The predicted octanol–water partition coefficient (Wildman–Crippen LogP) is 3.94. The van der Waals surface area contributed by atoms with Gasteiger partial charge in [0.15, 0.2) is 6.61 Å². The number of anilines is 1. The van der Waals surface area contributed by atoms with E-state index in [2.05, 4.69) is 36.9 Å². The van der Waals surface area contributed by atoms with Gasteiger partial charge in [0.2, 0.25) is 11.8 Å². The zero-order valence-electron chi connectivity index (χ0n) is 19.5. The van der Waals surface area contributed by atoms with Crippen LogP contribution >= 0.6 is 0 Å². The average molecular weight is 440 g/mol. The summed E-state index contributed by atoms with van der Waals surface area (Å²) in [6, 6.07) is 13.3. The molecule has 2 aromatic carbocycles. The van der Waals surface area contributed by atoms with Gasteiger partial charge in [-0.1, -0.05) is 50.6 Å². The topological polar surface area (TPSA) is 96.5 Å². The smallest absolute Gasteiger partial charge is 0.276 e. The van der Waals surface area contributed by atoms with E-state index >= 15 is 0 Å². The van der Waals surface area contributed by atoms with Crippen LogP contribution < -0.4 is 20.9 Å². The Labute approximate surface area is 189 Å². The third kappa shape index (κ3) is 7.72. The first-order chi connectivity index (χ1) is 15.1. The van der Waals surface area contributed by atoms with E-state index in [-0.39, 0.29) is 30.8 Å². The SMILES string of the molecule is CCC(C)(C)c1ccc(OCC(=O)NNC(=O)CCC(=O)Nc2ccc(C)cc2C)cc1. The average Bonchev–Trinajstić information content (AvgIpc) is 2.77. The summed E-state index contributed by atoms with van der Waals surface area (Å²) in [5.41, 5.74) is 8.65. The Morgan fingerprint density at radius 1 is 0.875 bits per heavy atom. The first-order valence-electron chi connectivity index (χ1n) is 10.8. The van der Waals surface area contributed by atoms with E-state index in [1.54, 1.807) is 0 Å². The van der Waals surface area contributed by atoms with Crippen LogP contribution in [0.15, 0.2) is 42.5 Å². The number of rotatable bonds is 9. The van der Waals surface area contributed by atoms with Crippen LogP contribution in [0.25, 0.3) is 0 Å². The van der Waals surface area contributed by atoms with Crippen LogP contribution in [-0.2, 0) is 19.8 Å². The van der Waals surface area contributed by atoms with E-state index in [1.165, 1.54) is 5.56 Å². The summed E-state index contributed by atoms with van der Waals surface area (Å²) in [6.07, 6.45) is 0.973. The van der Waals surface area contributed by atoms with Crippen molar-refractivity contribution >= 4 is 23.4 Å². The molecule has 0 saturated heterocycles. The van der Waals surface area contributed by atoms with Gasteiger partial charge in [-0.05, 0) is 55.0 Å². The maximum absolute atomic E-state index is 12.1. The fourth-order valence-electron chi connectivity index (χ4n) is 2.99. The van der Waals surface area contributed by atoms with Gasteiger partial charge in [-0.2, -0.15) is 0 Å². The molecule has 3 N–H and O–H groups in total. The van der Waals surface area contributed by atoms with E-state index in [9.17, 15) is 14.4 Å². The van der Waals surface area contributed by atoms with Gasteiger partial charge >= 0.3 is 0 Å². The van der Waals surface area contributed by atoms with E-state index < -0.39 is 11.8 Å². The summed E-state index contributed by atoms with van der Waals surface area (Å²) in [5, 5.41) is 2.79. The summed E-state index contributed by atoms with van der Waals surface area (Å²) in [5.74, 6) is -0.641. The molecular weight excluding hydrogens is 406 g/mol. The first kappa shape index (κ1) is 24.9. The number of carbonyl (C=O) groups excluding carboxylic acids is 3. The Kier molecular flexibility index (Phi) is 8.81. The van der Waals surface area contributed by atoms with Crippen molar-refractivity contribution in [2.75, 3.05) is 11.9 Å². The largest absolute Gasteiger partial charge is 0.484 e. The lowest BCUT2D eigenvalue weighted by atomic mass is 9.82. The van der Waals surface area contributed by atoms with Crippen LogP contribution in [0.2, 0.25) is 0 Å². The molecule has 0 aromatic heterocycles. The van der Waals surface area contributed by atoms with E-state index in [4.69, 9.17) is 4.74 Å². The molecule has 0 aliphatic heterocycles. The molecule has 0 radical (unpaired) electrons. The third-order valence-corrected chi connectivity index (χ3v) is 5.47. The standard InChI is InChI=1S/C25H33N3O4/c1-6-25(4,5)19-8-10-20(11-9-19)32-16-24(31)28-27-23(30)14-13-22(29)26-21-12-7-17(2)15-18(21)3/h7-12,15H,6,13-14,16H2,1-5H3,(H,26,29)(H,27,30)(H,28,31). The van der Waals surface area contributed by atoms with Gasteiger partial charge in [-0.15, -0.1) is 0 Å². The molecule has 32 heavy (non-hydrogen) atoms. The maximum atomic E-state index is 12.1. The van der Waals surface area contributed by atoms with Crippen molar-refractivity contribution in [1.82, 2.24) is 10.9 Å². The second kappa shape index (κ2) is 11.3. The number of benzene rings is 2. The molecule has 0 unspecified atom stereocenters. The summed E-state index contributed by atoms with van der Waals surface area (Å²) >= 11 is 0. The number of hydrazine groups is 1. The summed E-state index contributed by atoms with van der Waals surface area (Å²) < 4.78 is 5.46. The summed E-state index contributed by atoms with van der Waals surface area (Å²) in [7, 11) is 0. The minimum absolute atomic E-state index is 0.00593. The number of carbonyl (C=O) groups is 3. The molecule has 3 amide bonds. The van der Waals surface area contributed by atoms with Gasteiger partial charge in [0.25, 0.3) is 5.91 Å². The van der Waals surface area contributed by atoms with E-state index in [0.29, 0.717) is 5.75 Å². The van der Waals surface area contributed by atoms with Gasteiger partial charge in [0.1, 0.15) is 5.75 Å². The quantitative estimate of drug-likeness (QED) is 0.516. The van der Waals surface area contributed by atoms with Crippen molar-refractivity contribution < 1.29 is 19.1 Å². The molecule has 0 aliphatic carbocycles. The highest BCUT2D eigenvalue weighted by molar-refractivity contribution is 5.94. The van der Waals surface area contributed by atoms with E-state index in [0.717, 1.165) is 23.2 Å². The molecule has 7 nitrogen and oxygen atoms in total. The van der Waals surface area contributed by atoms with Crippen molar-refractivity contribution in [3.05, 3.63) is 59.2 Å². The van der Waals surface area contributed by atoms with Crippen LogP contribution in [0.4, 0.5) is 5.69 Å². The number of nitrogens with one attached hydrogen (secondary N) is 3. The minimum Gasteiger partial charge on any atom is -0.484 e. The molecule has 172 valence electrons. The molecule has 0 saturated carbocycles. The third-order valence-electron chi connectivity index (χ3n) is 5.47. The molecule has 0 aliphatic rings. The number of aryl methyl sites for hydroxylation is 2. The number of hydrogen-bond donors (Lipinski definition) is 3. The highest BCUT2D eigenvalue weighted by atomic mass is 16.5. The second-order valence-electron chi connectivity index (χ2n) is 8.51. The zero-order valence-corrected chi connectivity index (χ0v) is 19.5. The summed E-state index contributed by atoms with van der Waals surface area (Å²) in [6.45, 7) is 10.1. The van der Waals surface area contributed by atoms with Gasteiger partial charge in [0.05, 0.1) is 0 Å². The lowest BCUT2D eigenvalue weighted by Gasteiger charge is -2.23. The highest BCUT2D eigenvalue weighted by Crippen LogP contribution is 2.28. The number of ether oxygens (including phenoxy) is 1. The zero-order chi connectivity index (χ0) is 23.7. The minimum atomic E-state index is -0.490. The molecule has 2 aromatic rings. The molecular formula is C25H33N3O4. The van der Waals surface area contributed by atoms with Gasteiger partial charge in [0, 0.05) is 18.5 Å². The van der Waals surface area contributed by atoms with Crippen molar-refractivity contribution in [2.45, 2.75) is 59.3 Å². The van der Waals surface area contributed by atoms with Crippen LogP contribution in [0.1, 0.15) is 56.7 Å². The van der Waals surface area contributed by atoms with Gasteiger partial charge < -0.3 is 10.1 Å². The monoisotopic (exact) mass is 439 g/mol. The van der Waals surface area contributed by atoms with Crippen molar-refractivity contribution in [1.29, 1.82) is 0 Å². The molecule has 7 heteroatoms. The molecule has 0 heterocycles. The first-order valence-corrected chi connectivity index (χ1v) is 10.8. The Balaban J connectivity index is 1.68. The molecule has 0 fully saturated rings. The predicted molar refractivity (Wildman–Crippen MR) is 125 cm³/mol. The Morgan fingerprint density at radius 3 is 2.12 bits per heavy atom. The van der Waals surface area contributed by atoms with Crippen LogP contribution in [0.3, 0.4) is 0 Å². The fraction of sp³-hybridized carbons (Fsp3) is 0.400. The van der Waals surface area contributed by atoms with Crippen molar-refractivity contribution in [3.63, 3.8) is 0 Å². The molecule has 0 atom stereocenters. The van der Waals surface area contributed by atoms with Crippen molar-refractivity contribution in [2.24, 2.45) is 0 Å². The molecule has 0 spiro atoms. The lowest BCUT2D eigenvalue weighted by molar-refractivity contribution is -0.130. The van der Waals surface area contributed by atoms with Gasteiger partial charge in [-0.25, -0.2) is 0 Å². The number of amides is 3. The van der Waals surface area contributed by atoms with Crippen molar-refractivity contribution in [3.8, 4) is 5.75 Å². The Bertz CT molecular complexity index is 952. The van der Waals surface area contributed by atoms with Crippen LogP contribution in [-0.4, -0.2) is 24.3 Å². The Morgan fingerprint density at radius 2 is 1.50 bits per heavy atom. The number of hydrogen-bond acceptors (Lipinski definition) is 4. The van der Waals surface area contributed by atoms with Crippen LogP contribution in [0, 0.1) is 13.8 Å².